The minimum Gasteiger partial charge on any atom is -0.331 e. The second-order valence-corrected chi connectivity index (χ2v) is 6.34. The molecule has 0 spiro atoms. The highest BCUT2D eigenvalue weighted by Crippen LogP contribution is 2.20. The molecule has 2 aromatic rings. The summed E-state index contributed by atoms with van der Waals surface area (Å²) in [6, 6.07) is 3.91. The first-order valence-corrected chi connectivity index (χ1v) is 7.10. The molecule has 3 heterocycles. The van der Waals surface area contributed by atoms with Gasteiger partial charge in [0, 0.05) is 36.8 Å². The second-order valence-electron chi connectivity index (χ2n) is 6.34. The Bertz CT molecular complexity index is 671. The first-order chi connectivity index (χ1) is 9.95. The van der Waals surface area contributed by atoms with Crippen molar-refractivity contribution in [3.05, 3.63) is 41.2 Å². The lowest BCUT2D eigenvalue weighted by atomic mass is 9.96. The van der Waals surface area contributed by atoms with Gasteiger partial charge in [-0.1, -0.05) is 26.8 Å². The molecule has 0 unspecified atom stereocenters. The number of pyridine rings is 1. The summed E-state index contributed by atoms with van der Waals surface area (Å²) in [6.07, 6.45) is 2.57. The molecule has 0 saturated heterocycles. The number of fused-ring (bicyclic) bond motifs is 1. The zero-order valence-corrected chi connectivity index (χ0v) is 12.6. The van der Waals surface area contributed by atoms with E-state index in [1.54, 1.807) is 11.1 Å². The summed E-state index contributed by atoms with van der Waals surface area (Å²) in [5, 5.41) is 6.93. The van der Waals surface area contributed by atoms with Crippen LogP contribution in [-0.2, 0) is 18.4 Å². The van der Waals surface area contributed by atoms with Crippen LogP contribution in [0.1, 0.15) is 48.5 Å². The number of hydrogen-bond acceptors (Lipinski definition) is 4. The number of aromatic nitrogens is 4. The monoisotopic (exact) mass is 285 g/mol. The molecule has 0 aromatic carbocycles. The van der Waals surface area contributed by atoms with Gasteiger partial charge in [0.25, 0.3) is 5.91 Å². The van der Waals surface area contributed by atoms with Crippen molar-refractivity contribution >= 4 is 5.91 Å². The molecule has 0 aliphatic carbocycles. The minimum atomic E-state index is -0.149. The molecule has 0 saturated carbocycles. The maximum absolute atomic E-state index is 12.5. The van der Waals surface area contributed by atoms with Crippen molar-refractivity contribution in [3.8, 4) is 0 Å². The van der Waals surface area contributed by atoms with Crippen molar-refractivity contribution in [1.82, 2.24) is 25.1 Å². The van der Waals surface area contributed by atoms with Crippen LogP contribution in [0.3, 0.4) is 0 Å². The zero-order valence-electron chi connectivity index (χ0n) is 12.6. The third kappa shape index (κ3) is 2.66. The van der Waals surface area contributed by atoms with Gasteiger partial charge >= 0.3 is 0 Å². The van der Waals surface area contributed by atoms with E-state index in [2.05, 4.69) is 20.2 Å². The highest BCUT2D eigenvalue weighted by Gasteiger charge is 2.27. The van der Waals surface area contributed by atoms with Crippen LogP contribution in [0, 0.1) is 0 Å². The number of carbonyl (C=O) groups excluding carboxylic acids is 1. The molecular formula is C15H19N5O. The fraction of sp³-hybridized carbons (Fsp3) is 0.467. The third-order valence-corrected chi connectivity index (χ3v) is 3.64. The minimum absolute atomic E-state index is 0.128. The van der Waals surface area contributed by atoms with Crippen molar-refractivity contribution in [2.45, 2.75) is 39.2 Å². The van der Waals surface area contributed by atoms with Gasteiger partial charge in [-0.25, -0.2) is 4.98 Å². The predicted octanol–water partition coefficient (Wildman–Crippen LogP) is 1.70. The fourth-order valence-electron chi connectivity index (χ4n) is 2.37. The summed E-state index contributed by atoms with van der Waals surface area (Å²) in [5.74, 6) is 0.841. The quantitative estimate of drug-likeness (QED) is 0.865. The Kier molecular flexibility index (Phi) is 3.23. The summed E-state index contributed by atoms with van der Waals surface area (Å²) < 4.78 is 0. The van der Waals surface area contributed by atoms with Gasteiger partial charge in [-0.3, -0.25) is 14.9 Å². The molecule has 1 aliphatic heterocycles. The van der Waals surface area contributed by atoms with E-state index in [0.717, 1.165) is 23.5 Å². The van der Waals surface area contributed by atoms with Crippen molar-refractivity contribution in [2.75, 3.05) is 6.54 Å². The van der Waals surface area contributed by atoms with Gasteiger partial charge in [0.05, 0.1) is 0 Å². The molecule has 1 N–H and O–H groups in total. The maximum Gasteiger partial charge on any atom is 0.293 e. The molecule has 21 heavy (non-hydrogen) atoms. The van der Waals surface area contributed by atoms with Gasteiger partial charge in [-0.15, -0.1) is 5.10 Å². The number of hydrogen-bond donors (Lipinski definition) is 1. The summed E-state index contributed by atoms with van der Waals surface area (Å²) in [7, 11) is 0. The van der Waals surface area contributed by atoms with Crippen LogP contribution in [-0.4, -0.2) is 37.5 Å². The highest BCUT2D eigenvalue weighted by atomic mass is 16.2. The number of aromatic amines is 1. The molecule has 2 aromatic heterocycles. The van der Waals surface area contributed by atoms with E-state index in [9.17, 15) is 4.79 Å². The first-order valence-electron chi connectivity index (χ1n) is 7.10. The normalized spacial score (nSPS) is 14.9. The van der Waals surface area contributed by atoms with Crippen LogP contribution < -0.4 is 0 Å². The standard InChI is InChI=1S/C15H19N5O/c1-15(2,3)14-17-12(18-19-14)13(21)20-8-6-11-10(9-20)5-4-7-16-11/h4-5,7H,6,8-9H2,1-3H3,(H,17,18,19). The SMILES string of the molecule is CC(C)(C)c1nc(C(=O)N2CCc3ncccc3C2)n[nH]1. The Morgan fingerprint density at radius 1 is 1.38 bits per heavy atom. The van der Waals surface area contributed by atoms with E-state index in [0.29, 0.717) is 13.1 Å². The smallest absolute Gasteiger partial charge is 0.293 e. The van der Waals surface area contributed by atoms with Crippen LogP contribution in [0.2, 0.25) is 0 Å². The summed E-state index contributed by atoms with van der Waals surface area (Å²) in [4.78, 5) is 23.0. The van der Waals surface area contributed by atoms with E-state index >= 15 is 0 Å². The van der Waals surface area contributed by atoms with Crippen LogP contribution in [0.25, 0.3) is 0 Å². The van der Waals surface area contributed by atoms with Crippen LogP contribution in [0.4, 0.5) is 0 Å². The fourth-order valence-corrected chi connectivity index (χ4v) is 2.37. The van der Waals surface area contributed by atoms with Crippen LogP contribution in [0.5, 0.6) is 0 Å². The average molecular weight is 285 g/mol. The highest BCUT2D eigenvalue weighted by molar-refractivity contribution is 5.90. The second kappa shape index (κ2) is 4.95. The Labute approximate surface area is 123 Å². The van der Waals surface area contributed by atoms with E-state index in [-0.39, 0.29) is 17.1 Å². The van der Waals surface area contributed by atoms with Gasteiger partial charge in [0.15, 0.2) is 0 Å². The lowest BCUT2D eigenvalue weighted by Crippen LogP contribution is -2.37. The van der Waals surface area contributed by atoms with Gasteiger partial charge in [-0.2, -0.15) is 0 Å². The van der Waals surface area contributed by atoms with Gasteiger partial charge in [-0.05, 0) is 11.6 Å². The molecule has 6 nitrogen and oxygen atoms in total. The molecule has 0 atom stereocenters. The van der Waals surface area contributed by atoms with Crippen molar-refractivity contribution in [3.63, 3.8) is 0 Å². The van der Waals surface area contributed by atoms with E-state index in [4.69, 9.17) is 0 Å². The van der Waals surface area contributed by atoms with Crippen molar-refractivity contribution in [2.24, 2.45) is 0 Å². The van der Waals surface area contributed by atoms with Gasteiger partial charge < -0.3 is 4.90 Å². The van der Waals surface area contributed by atoms with E-state index in [1.807, 2.05) is 32.9 Å². The Morgan fingerprint density at radius 3 is 2.90 bits per heavy atom. The molecule has 0 fully saturated rings. The summed E-state index contributed by atoms with van der Waals surface area (Å²) in [5.41, 5.74) is 2.03. The zero-order chi connectivity index (χ0) is 15.0. The predicted molar refractivity (Wildman–Crippen MR) is 77.8 cm³/mol. The molecule has 0 bridgehead atoms. The van der Waals surface area contributed by atoms with E-state index < -0.39 is 0 Å². The molecular weight excluding hydrogens is 266 g/mol. The van der Waals surface area contributed by atoms with Crippen LogP contribution >= 0.6 is 0 Å². The topological polar surface area (TPSA) is 74.8 Å². The average Bonchev–Trinajstić information content (AvgIpc) is 2.96. The number of rotatable bonds is 1. The lowest BCUT2D eigenvalue weighted by molar-refractivity contribution is 0.0721. The Balaban J connectivity index is 1.79. The number of nitrogens with zero attached hydrogens (tertiary/aromatic N) is 4. The number of nitrogens with one attached hydrogen (secondary N) is 1. The van der Waals surface area contributed by atoms with Gasteiger partial charge in [0.1, 0.15) is 5.82 Å². The first kappa shape index (κ1) is 13.7. The lowest BCUT2D eigenvalue weighted by Gasteiger charge is -2.27. The third-order valence-electron chi connectivity index (χ3n) is 3.64. The van der Waals surface area contributed by atoms with Gasteiger partial charge in [0.2, 0.25) is 5.82 Å². The Morgan fingerprint density at radius 2 is 2.19 bits per heavy atom. The van der Waals surface area contributed by atoms with E-state index in [1.165, 1.54) is 0 Å². The number of carbonyl (C=O) groups is 1. The molecule has 0 radical (unpaired) electrons. The summed E-state index contributed by atoms with van der Waals surface area (Å²) in [6.45, 7) is 7.32. The maximum atomic E-state index is 12.5. The molecule has 3 rings (SSSR count). The molecule has 1 amide bonds. The molecule has 6 heteroatoms. The van der Waals surface area contributed by atoms with Crippen molar-refractivity contribution < 1.29 is 4.79 Å². The van der Waals surface area contributed by atoms with Crippen LogP contribution in [0.15, 0.2) is 18.3 Å². The van der Waals surface area contributed by atoms with Crippen molar-refractivity contribution in [1.29, 1.82) is 0 Å². The number of amides is 1. The largest absolute Gasteiger partial charge is 0.331 e. The number of H-pyrrole nitrogens is 1. The Hall–Kier alpha value is -2.24. The molecule has 110 valence electrons. The summed E-state index contributed by atoms with van der Waals surface area (Å²) >= 11 is 0. The molecule has 1 aliphatic rings.